The van der Waals surface area contributed by atoms with Crippen LogP contribution in [0.1, 0.15) is 79.1 Å². The Morgan fingerprint density at radius 1 is 0.977 bits per heavy atom. The van der Waals surface area contributed by atoms with Crippen molar-refractivity contribution in [2.45, 2.75) is 134 Å². The van der Waals surface area contributed by atoms with E-state index in [-0.39, 0.29) is 55.3 Å². The normalized spacial score (nSPS) is 52.0. The highest BCUT2D eigenvalue weighted by Crippen LogP contribution is 2.70. The lowest BCUT2D eigenvalue weighted by Crippen LogP contribution is -2.69. The SMILES string of the molecule is C=C(CC[C@@H](C)[C@H]1[C@@H](O)[C@H](O)C2[C@]3(O)C[C@@H](O)C4C[C@@H](OC5OCC(O)C(O)C5OC)CC[C@]4(C)C3CC[C@@]21C)C(C)CO. The van der Waals surface area contributed by atoms with Crippen molar-refractivity contribution in [3.05, 3.63) is 12.2 Å². The molecular formula is C34H58O10. The van der Waals surface area contributed by atoms with Gasteiger partial charge < -0.3 is 50.0 Å². The molecule has 7 N–H and O–H groups in total. The fraction of sp³-hybridized carbons (Fsp3) is 0.941. The highest BCUT2D eigenvalue weighted by molar-refractivity contribution is 5.22. The lowest BCUT2D eigenvalue weighted by atomic mass is 9.42. The Labute approximate surface area is 262 Å². The van der Waals surface area contributed by atoms with Crippen LogP contribution in [0.5, 0.6) is 0 Å². The molecule has 254 valence electrons. The van der Waals surface area contributed by atoms with Gasteiger partial charge in [0.25, 0.3) is 0 Å². The van der Waals surface area contributed by atoms with Crippen LogP contribution < -0.4 is 0 Å². The minimum atomic E-state index is -1.33. The molecule has 1 saturated heterocycles. The van der Waals surface area contributed by atoms with Crippen LogP contribution in [0.4, 0.5) is 0 Å². The van der Waals surface area contributed by atoms with Crippen molar-refractivity contribution in [3.8, 4) is 0 Å². The van der Waals surface area contributed by atoms with E-state index in [0.29, 0.717) is 19.3 Å². The van der Waals surface area contributed by atoms with E-state index in [9.17, 15) is 35.7 Å². The predicted molar refractivity (Wildman–Crippen MR) is 162 cm³/mol. The van der Waals surface area contributed by atoms with Crippen LogP contribution in [0.3, 0.4) is 0 Å². The molecule has 5 aliphatic rings. The van der Waals surface area contributed by atoms with E-state index in [1.807, 2.05) is 6.92 Å². The Kier molecular flexibility index (Phi) is 10.0. The van der Waals surface area contributed by atoms with Crippen LogP contribution in [0.25, 0.3) is 0 Å². The molecule has 0 bridgehead atoms. The van der Waals surface area contributed by atoms with Gasteiger partial charge in [-0.15, -0.1) is 0 Å². The molecule has 0 radical (unpaired) electrons. The Morgan fingerprint density at radius 2 is 1.66 bits per heavy atom. The first kappa shape index (κ1) is 34.7. The first-order valence-corrected chi connectivity index (χ1v) is 16.8. The molecule has 1 aliphatic heterocycles. The first-order valence-electron chi connectivity index (χ1n) is 16.8. The molecule has 4 aliphatic carbocycles. The summed E-state index contributed by atoms with van der Waals surface area (Å²) in [5.74, 6) is -1.00. The van der Waals surface area contributed by atoms with E-state index < -0.39 is 65.3 Å². The summed E-state index contributed by atoms with van der Waals surface area (Å²) >= 11 is 0. The van der Waals surface area contributed by atoms with Crippen LogP contribution >= 0.6 is 0 Å². The van der Waals surface area contributed by atoms with Gasteiger partial charge >= 0.3 is 0 Å². The van der Waals surface area contributed by atoms with Gasteiger partial charge in [0.15, 0.2) is 6.29 Å². The number of hydrogen-bond donors (Lipinski definition) is 7. The maximum absolute atomic E-state index is 12.7. The summed E-state index contributed by atoms with van der Waals surface area (Å²) < 4.78 is 17.4. The van der Waals surface area contributed by atoms with Crippen LogP contribution in [0.2, 0.25) is 0 Å². The summed E-state index contributed by atoms with van der Waals surface area (Å²) in [7, 11) is 1.44. The molecule has 0 amide bonds. The Hall–Kier alpha value is -0.660. The van der Waals surface area contributed by atoms with E-state index >= 15 is 0 Å². The highest BCUT2D eigenvalue weighted by atomic mass is 16.7. The zero-order valence-corrected chi connectivity index (χ0v) is 27.2. The van der Waals surface area contributed by atoms with Crippen molar-refractivity contribution in [1.82, 2.24) is 0 Å². The van der Waals surface area contributed by atoms with Gasteiger partial charge in [-0.2, -0.15) is 0 Å². The average Bonchev–Trinajstić information content (AvgIpc) is 3.18. The molecule has 5 rings (SSSR count). The standard InChI is InChI=1S/C34H58O10/c1-17(19(3)15-35)7-8-18(2)25-27(39)28(40)30-33(25,5)12-10-24-32(4)11-9-20(13-21(32)22(36)14-34(24,30)41)44-31-29(42-6)26(38)23(37)16-43-31/h18-31,35-41H,1,7-16H2,2-6H3/t18-,19?,20+,21?,22-,23?,24?,25+,26?,27-,28+,29?,30?,31?,32+,33-,34+/m1/s1. The summed E-state index contributed by atoms with van der Waals surface area (Å²) in [5.41, 5.74) is -1.25. The smallest absolute Gasteiger partial charge is 0.186 e. The molecule has 44 heavy (non-hydrogen) atoms. The molecular weight excluding hydrogens is 568 g/mol. The molecule has 8 unspecified atom stereocenters. The number of hydrogen-bond acceptors (Lipinski definition) is 10. The zero-order chi connectivity index (χ0) is 32.4. The second kappa shape index (κ2) is 12.7. The summed E-state index contributed by atoms with van der Waals surface area (Å²) in [5, 5.41) is 77.4. The molecule has 10 heteroatoms. The van der Waals surface area contributed by atoms with E-state index in [2.05, 4.69) is 27.4 Å². The minimum absolute atomic E-state index is 0.00905. The van der Waals surface area contributed by atoms with Crippen molar-refractivity contribution in [1.29, 1.82) is 0 Å². The summed E-state index contributed by atoms with van der Waals surface area (Å²) in [4.78, 5) is 0. The van der Waals surface area contributed by atoms with E-state index in [1.54, 1.807) is 0 Å². The Balaban J connectivity index is 1.33. The van der Waals surface area contributed by atoms with Gasteiger partial charge in [0.1, 0.15) is 18.3 Å². The zero-order valence-electron chi connectivity index (χ0n) is 27.2. The van der Waals surface area contributed by atoms with Gasteiger partial charge in [0.05, 0.1) is 36.6 Å². The number of rotatable bonds is 9. The monoisotopic (exact) mass is 626 g/mol. The van der Waals surface area contributed by atoms with Gasteiger partial charge in [-0.25, -0.2) is 0 Å². The number of aliphatic hydroxyl groups excluding tert-OH is 6. The summed E-state index contributed by atoms with van der Waals surface area (Å²) in [6, 6.07) is 0. The van der Waals surface area contributed by atoms with Gasteiger partial charge in [0, 0.05) is 26.1 Å². The summed E-state index contributed by atoms with van der Waals surface area (Å²) in [6.07, 6.45) is -1.90. The Morgan fingerprint density at radius 3 is 2.32 bits per heavy atom. The van der Waals surface area contributed by atoms with Gasteiger partial charge in [-0.05, 0) is 85.4 Å². The second-order valence-corrected chi connectivity index (χ2v) is 15.7. The van der Waals surface area contributed by atoms with Crippen molar-refractivity contribution >= 4 is 0 Å². The summed E-state index contributed by atoms with van der Waals surface area (Å²) in [6.45, 7) is 12.5. The molecule has 0 aromatic rings. The Bertz CT molecular complexity index is 1030. The minimum Gasteiger partial charge on any atom is -0.396 e. The molecule has 1 heterocycles. The van der Waals surface area contributed by atoms with E-state index in [1.165, 1.54) is 7.11 Å². The molecule has 5 fully saturated rings. The average molecular weight is 627 g/mol. The van der Waals surface area contributed by atoms with Crippen LogP contribution in [0, 0.1) is 46.3 Å². The number of fused-ring (bicyclic) bond motifs is 5. The van der Waals surface area contributed by atoms with Crippen molar-refractivity contribution < 1.29 is 50.0 Å². The first-order chi connectivity index (χ1) is 20.6. The quantitative estimate of drug-likeness (QED) is 0.148. The molecule has 4 saturated carbocycles. The topological polar surface area (TPSA) is 169 Å². The predicted octanol–water partition coefficient (Wildman–Crippen LogP) is 1.75. The van der Waals surface area contributed by atoms with E-state index in [4.69, 9.17) is 14.2 Å². The van der Waals surface area contributed by atoms with Crippen LogP contribution in [-0.4, -0.2) is 111 Å². The number of methoxy groups -OCH3 is 1. The molecule has 0 aromatic carbocycles. The lowest BCUT2D eigenvalue weighted by molar-refractivity contribution is -0.303. The van der Waals surface area contributed by atoms with Crippen molar-refractivity contribution in [2.75, 3.05) is 20.3 Å². The third-order valence-corrected chi connectivity index (χ3v) is 13.3. The van der Waals surface area contributed by atoms with Gasteiger partial charge in [-0.3, -0.25) is 0 Å². The fourth-order valence-corrected chi connectivity index (χ4v) is 10.9. The van der Waals surface area contributed by atoms with Crippen LogP contribution in [0.15, 0.2) is 12.2 Å². The third-order valence-electron chi connectivity index (χ3n) is 13.3. The van der Waals surface area contributed by atoms with E-state index in [0.717, 1.165) is 31.3 Å². The number of ether oxygens (including phenoxy) is 3. The highest BCUT2D eigenvalue weighted by Gasteiger charge is 2.72. The second-order valence-electron chi connectivity index (χ2n) is 15.7. The fourth-order valence-electron chi connectivity index (χ4n) is 10.9. The van der Waals surface area contributed by atoms with Crippen molar-refractivity contribution in [3.63, 3.8) is 0 Å². The number of aliphatic hydroxyl groups is 7. The third kappa shape index (κ3) is 5.53. The molecule has 10 nitrogen and oxygen atoms in total. The van der Waals surface area contributed by atoms with Gasteiger partial charge in [0.2, 0.25) is 0 Å². The van der Waals surface area contributed by atoms with Crippen molar-refractivity contribution in [2.24, 2.45) is 46.3 Å². The molecule has 0 aromatic heterocycles. The maximum atomic E-state index is 12.7. The maximum Gasteiger partial charge on any atom is 0.186 e. The lowest BCUT2D eigenvalue weighted by Gasteiger charge is -2.66. The largest absolute Gasteiger partial charge is 0.396 e. The molecule has 0 spiro atoms. The molecule has 17 atom stereocenters. The van der Waals surface area contributed by atoms with Gasteiger partial charge in [-0.1, -0.05) is 39.8 Å². The van der Waals surface area contributed by atoms with Crippen LogP contribution in [-0.2, 0) is 14.2 Å².